The van der Waals surface area contributed by atoms with Crippen molar-refractivity contribution in [3.63, 3.8) is 0 Å². The van der Waals surface area contributed by atoms with Crippen LogP contribution in [0.1, 0.15) is 18.2 Å². The second-order valence-corrected chi connectivity index (χ2v) is 3.09. The monoisotopic (exact) mass is 211 g/mol. The van der Waals surface area contributed by atoms with E-state index in [2.05, 4.69) is 10.2 Å². The topological polar surface area (TPSA) is 42.2 Å². The summed E-state index contributed by atoms with van der Waals surface area (Å²) < 4.78 is 5.18. The molecule has 0 fully saturated rings. The molecule has 0 aliphatic rings. The summed E-state index contributed by atoms with van der Waals surface area (Å²) in [6.45, 7) is 1.79. The number of aromatic nitrogens is 2. The number of alkyl halides is 1. The Bertz CT molecular complexity index is 214. The fraction of sp³-hybridized carbons (Fsp3) is 0.667. The molecule has 6 heteroatoms. The summed E-state index contributed by atoms with van der Waals surface area (Å²) in [5, 5.41) is 7.28. The predicted molar refractivity (Wildman–Crippen MR) is 50.1 cm³/mol. The fourth-order valence-corrected chi connectivity index (χ4v) is 0.656. The van der Waals surface area contributed by atoms with Gasteiger partial charge in [-0.2, -0.15) is 0 Å². The van der Waals surface area contributed by atoms with Gasteiger partial charge in [-0.25, -0.2) is 0 Å². The lowest BCUT2D eigenvalue weighted by Crippen LogP contribution is -2.08. The number of nitrogens with zero attached hydrogens (tertiary/aromatic N) is 3. The molecular weight excluding hydrogens is 201 g/mol. The first-order valence-corrected chi connectivity index (χ1v) is 3.69. The maximum Gasteiger partial charge on any atom is 0.317 e. The SMILES string of the molecule is CC(Cl)c1nnc(N(C)C)o1.Cl. The molecule has 0 radical (unpaired) electrons. The molecule has 0 aliphatic heterocycles. The lowest BCUT2D eigenvalue weighted by Gasteiger charge is -2.02. The first-order chi connectivity index (χ1) is 5.11. The van der Waals surface area contributed by atoms with Gasteiger partial charge in [0.25, 0.3) is 0 Å². The molecule has 1 rings (SSSR count). The quantitative estimate of drug-likeness (QED) is 0.701. The van der Waals surface area contributed by atoms with Crippen molar-refractivity contribution in [2.24, 2.45) is 0 Å². The Balaban J connectivity index is 0.00000121. The Morgan fingerprint density at radius 1 is 1.42 bits per heavy atom. The van der Waals surface area contributed by atoms with E-state index in [9.17, 15) is 0 Å². The molecule has 1 unspecified atom stereocenters. The van der Waals surface area contributed by atoms with Crippen molar-refractivity contribution in [2.45, 2.75) is 12.3 Å². The van der Waals surface area contributed by atoms with Gasteiger partial charge in [-0.15, -0.1) is 29.1 Å². The molecule has 0 amide bonds. The van der Waals surface area contributed by atoms with E-state index in [1.165, 1.54) is 0 Å². The lowest BCUT2D eigenvalue weighted by molar-refractivity contribution is 0.496. The fourth-order valence-electron chi connectivity index (χ4n) is 0.568. The van der Waals surface area contributed by atoms with Crippen LogP contribution in [0.4, 0.5) is 6.01 Å². The Morgan fingerprint density at radius 2 is 2.00 bits per heavy atom. The van der Waals surface area contributed by atoms with E-state index in [-0.39, 0.29) is 17.8 Å². The summed E-state index contributed by atoms with van der Waals surface area (Å²) in [6, 6.07) is 0.479. The van der Waals surface area contributed by atoms with Crippen molar-refractivity contribution in [3.8, 4) is 0 Å². The van der Waals surface area contributed by atoms with Gasteiger partial charge in [0.15, 0.2) is 0 Å². The summed E-state index contributed by atoms with van der Waals surface area (Å²) >= 11 is 5.71. The van der Waals surface area contributed by atoms with Gasteiger partial charge in [0.1, 0.15) is 5.38 Å². The van der Waals surface area contributed by atoms with Gasteiger partial charge < -0.3 is 9.32 Å². The van der Waals surface area contributed by atoms with Crippen molar-refractivity contribution in [3.05, 3.63) is 5.89 Å². The molecule has 0 aromatic carbocycles. The second kappa shape index (κ2) is 4.52. The minimum atomic E-state index is -0.226. The van der Waals surface area contributed by atoms with Crippen molar-refractivity contribution >= 4 is 30.0 Å². The van der Waals surface area contributed by atoms with Gasteiger partial charge in [0, 0.05) is 14.1 Å². The van der Waals surface area contributed by atoms with Gasteiger partial charge in [-0.05, 0) is 6.92 Å². The van der Waals surface area contributed by atoms with Crippen LogP contribution in [-0.2, 0) is 0 Å². The third kappa shape index (κ3) is 2.53. The maximum absolute atomic E-state index is 5.71. The molecule has 1 atom stereocenters. The van der Waals surface area contributed by atoms with Crippen LogP contribution in [0.3, 0.4) is 0 Å². The van der Waals surface area contributed by atoms with E-state index in [1.54, 1.807) is 11.8 Å². The van der Waals surface area contributed by atoms with Crippen LogP contribution in [0.15, 0.2) is 4.42 Å². The summed E-state index contributed by atoms with van der Waals surface area (Å²) in [5.41, 5.74) is 0. The van der Waals surface area contributed by atoms with Crippen molar-refractivity contribution in [1.29, 1.82) is 0 Å². The van der Waals surface area contributed by atoms with Crippen molar-refractivity contribution in [2.75, 3.05) is 19.0 Å². The molecule has 0 bridgehead atoms. The Labute approximate surface area is 82.3 Å². The molecule has 4 nitrogen and oxygen atoms in total. The zero-order valence-corrected chi connectivity index (χ0v) is 8.69. The van der Waals surface area contributed by atoms with E-state index < -0.39 is 0 Å². The number of hydrogen-bond donors (Lipinski definition) is 0. The van der Waals surface area contributed by atoms with Crippen LogP contribution in [-0.4, -0.2) is 24.3 Å². The minimum absolute atomic E-state index is 0. The first kappa shape index (κ1) is 11.5. The van der Waals surface area contributed by atoms with Crippen LogP contribution in [0.5, 0.6) is 0 Å². The number of hydrogen-bond acceptors (Lipinski definition) is 4. The Morgan fingerprint density at radius 3 is 2.25 bits per heavy atom. The normalized spacial score (nSPS) is 12.0. The van der Waals surface area contributed by atoms with Crippen molar-refractivity contribution in [1.82, 2.24) is 10.2 Å². The highest BCUT2D eigenvalue weighted by Gasteiger charge is 2.11. The van der Waals surface area contributed by atoms with Gasteiger partial charge in [-0.1, -0.05) is 5.10 Å². The summed E-state index contributed by atoms with van der Waals surface area (Å²) in [5.74, 6) is 0.454. The summed E-state index contributed by atoms with van der Waals surface area (Å²) in [7, 11) is 3.66. The van der Waals surface area contributed by atoms with Crippen LogP contribution < -0.4 is 4.90 Å². The number of anilines is 1. The molecular formula is C6H11Cl2N3O. The molecule has 1 aromatic rings. The molecule has 0 saturated carbocycles. The third-order valence-electron chi connectivity index (χ3n) is 1.15. The van der Waals surface area contributed by atoms with Gasteiger partial charge in [0.2, 0.25) is 5.89 Å². The molecule has 12 heavy (non-hydrogen) atoms. The smallest absolute Gasteiger partial charge is 0.317 e. The zero-order chi connectivity index (χ0) is 8.43. The third-order valence-corrected chi connectivity index (χ3v) is 1.34. The molecule has 0 N–H and O–H groups in total. The molecule has 0 spiro atoms. The van der Waals surface area contributed by atoms with Crippen molar-refractivity contribution < 1.29 is 4.42 Å². The van der Waals surface area contributed by atoms with Crippen LogP contribution in [0.2, 0.25) is 0 Å². The van der Waals surface area contributed by atoms with E-state index >= 15 is 0 Å². The molecule has 1 aromatic heterocycles. The molecule has 0 saturated heterocycles. The van der Waals surface area contributed by atoms with Gasteiger partial charge >= 0.3 is 6.01 Å². The highest BCUT2D eigenvalue weighted by atomic mass is 35.5. The van der Waals surface area contributed by atoms with E-state index in [4.69, 9.17) is 16.0 Å². The standard InChI is InChI=1S/C6H10ClN3O.ClH/c1-4(7)5-8-9-6(11-5)10(2)3;/h4H,1-3H3;1H. The number of halogens is 2. The molecule has 70 valence electrons. The summed E-state index contributed by atoms with van der Waals surface area (Å²) in [6.07, 6.45) is 0. The number of rotatable bonds is 2. The summed E-state index contributed by atoms with van der Waals surface area (Å²) in [4.78, 5) is 1.73. The largest absolute Gasteiger partial charge is 0.406 e. The van der Waals surface area contributed by atoms with Gasteiger partial charge in [0.05, 0.1) is 0 Å². The lowest BCUT2D eigenvalue weighted by atomic mass is 10.5. The van der Waals surface area contributed by atoms with Crippen LogP contribution >= 0.6 is 24.0 Å². The van der Waals surface area contributed by atoms with E-state index in [1.807, 2.05) is 14.1 Å². The van der Waals surface area contributed by atoms with Crippen LogP contribution in [0.25, 0.3) is 0 Å². The van der Waals surface area contributed by atoms with E-state index in [0.29, 0.717) is 11.9 Å². The van der Waals surface area contributed by atoms with Gasteiger partial charge in [-0.3, -0.25) is 0 Å². The average Bonchev–Trinajstić information content (AvgIpc) is 2.33. The maximum atomic E-state index is 5.71. The minimum Gasteiger partial charge on any atom is -0.406 e. The van der Waals surface area contributed by atoms with Crippen LogP contribution in [0, 0.1) is 0 Å². The molecule has 1 heterocycles. The Kier molecular flexibility index (Phi) is 4.34. The molecule has 0 aliphatic carbocycles. The second-order valence-electron chi connectivity index (χ2n) is 2.43. The highest BCUT2D eigenvalue weighted by Crippen LogP contribution is 2.19. The first-order valence-electron chi connectivity index (χ1n) is 3.26. The predicted octanol–water partition coefficient (Wildman–Crippen LogP) is 1.86. The average molecular weight is 212 g/mol. The Hall–Kier alpha value is -0.480. The van der Waals surface area contributed by atoms with E-state index in [0.717, 1.165) is 0 Å². The highest BCUT2D eigenvalue weighted by molar-refractivity contribution is 6.20. The zero-order valence-electron chi connectivity index (χ0n) is 7.11.